The molecule has 4 heteroatoms. The summed E-state index contributed by atoms with van der Waals surface area (Å²) < 4.78 is 4.94. The molecule has 0 radical (unpaired) electrons. The van der Waals surface area contributed by atoms with E-state index in [-0.39, 0.29) is 0 Å². The van der Waals surface area contributed by atoms with Crippen molar-refractivity contribution in [3.05, 3.63) is 5.82 Å². The van der Waals surface area contributed by atoms with Crippen molar-refractivity contribution >= 4 is 6.01 Å². The minimum absolute atomic E-state index is 0.563. The fourth-order valence-corrected chi connectivity index (χ4v) is 1.39. The maximum atomic E-state index is 4.94. The molecule has 0 aromatic carbocycles. The number of anilines is 1. The second-order valence-electron chi connectivity index (χ2n) is 3.30. The van der Waals surface area contributed by atoms with Crippen LogP contribution in [0.3, 0.4) is 0 Å². The molecule has 0 amide bonds. The fourth-order valence-electron chi connectivity index (χ4n) is 1.39. The van der Waals surface area contributed by atoms with E-state index in [2.05, 4.69) is 22.4 Å². The van der Waals surface area contributed by atoms with Gasteiger partial charge >= 0.3 is 6.01 Å². The third-order valence-corrected chi connectivity index (χ3v) is 2.28. The van der Waals surface area contributed by atoms with E-state index in [1.807, 2.05) is 6.92 Å². The second kappa shape index (κ2) is 2.77. The van der Waals surface area contributed by atoms with Gasteiger partial charge in [-0.3, -0.25) is 0 Å². The average molecular weight is 167 g/mol. The Kier molecular flexibility index (Phi) is 1.75. The number of nitrogens with one attached hydrogen (secondary N) is 1. The van der Waals surface area contributed by atoms with Gasteiger partial charge in [-0.2, -0.15) is 4.98 Å². The molecule has 0 spiro atoms. The van der Waals surface area contributed by atoms with Gasteiger partial charge in [-0.05, 0) is 19.3 Å². The molecular formula is C8H13N3O. The van der Waals surface area contributed by atoms with E-state index in [1.165, 1.54) is 12.8 Å². The summed E-state index contributed by atoms with van der Waals surface area (Å²) in [5.74, 6) is 1.49. The normalized spacial score (nSPS) is 27.2. The summed E-state index contributed by atoms with van der Waals surface area (Å²) in [5.41, 5.74) is 0. The van der Waals surface area contributed by atoms with Gasteiger partial charge in [0, 0.05) is 6.04 Å². The van der Waals surface area contributed by atoms with Crippen molar-refractivity contribution < 1.29 is 4.52 Å². The van der Waals surface area contributed by atoms with E-state index >= 15 is 0 Å². The van der Waals surface area contributed by atoms with Gasteiger partial charge in [0.2, 0.25) is 0 Å². The van der Waals surface area contributed by atoms with Crippen LogP contribution in [0.15, 0.2) is 4.52 Å². The highest BCUT2D eigenvalue weighted by molar-refractivity contribution is 5.24. The monoisotopic (exact) mass is 167 g/mol. The predicted molar refractivity (Wildman–Crippen MR) is 44.8 cm³/mol. The van der Waals surface area contributed by atoms with E-state index in [0.717, 1.165) is 5.92 Å². The molecule has 1 aromatic rings. The van der Waals surface area contributed by atoms with Gasteiger partial charge in [0.25, 0.3) is 0 Å². The lowest BCUT2D eigenvalue weighted by Gasteiger charge is -1.95. The van der Waals surface area contributed by atoms with Gasteiger partial charge in [-0.1, -0.05) is 18.5 Å². The van der Waals surface area contributed by atoms with Gasteiger partial charge in [0.1, 0.15) is 0 Å². The molecule has 2 unspecified atom stereocenters. The van der Waals surface area contributed by atoms with Gasteiger partial charge in [-0.15, -0.1) is 0 Å². The molecule has 1 saturated carbocycles. The number of aryl methyl sites for hydroxylation is 1. The molecule has 1 aromatic heterocycles. The first kappa shape index (κ1) is 7.58. The molecule has 1 N–H and O–H groups in total. The zero-order valence-corrected chi connectivity index (χ0v) is 7.37. The molecule has 0 saturated heterocycles. The lowest BCUT2D eigenvalue weighted by Crippen LogP contribution is -2.04. The molecular weight excluding hydrogens is 154 g/mol. The van der Waals surface area contributed by atoms with Gasteiger partial charge in [0.15, 0.2) is 5.82 Å². The predicted octanol–water partition coefficient (Wildman–Crippen LogP) is 1.59. The molecule has 2 rings (SSSR count). The second-order valence-corrected chi connectivity index (χ2v) is 3.30. The third kappa shape index (κ3) is 1.42. The van der Waals surface area contributed by atoms with E-state index < -0.39 is 0 Å². The summed E-state index contributed by atoms with van der Waals surface area (Å²) in [6.07, 6.45) is 2.46. The minimum Gasteiger partial charge on any atom is -0.335 e. The highest BCUT2D eigenvalue weighted by Crippen LogP contribution is 2.35. The molecule has 1 fully saturated rings. The van der Waals surface area contributed by atoms with Gasteiger partial charge in [-0.25, -0.2) is 0 Å². The van der Waals surface area contributed by atoms with Crippen LogP contribution in [0.1, 0.15) is 25.6 Å². The largest absolute Gasteiger partial charge is 0.335 e. The smallest absolute Gasteiger partial charge is 0.321 e. The van der Waals surface area contributed by atoms with E-state index in [4.69, 9.17) is 4.52 Å². The Balaban J connectivity index is 1.89. The van der Waals surface area contributed by atoms with Gasteiger partial charge < -0.3 is 9.84 Å². The first-order valence-corrected chi connectivity index (χ1v) is 4.36. The zero-order valence-electron chi connectivity index (χ0n) is 7.37. The van der Waals surface area contributed by atoms with Crippen LogP contribution in [0.25, 0.3) is 0 Å². The average Bonchev–Trinajstić information content (AvgIpc) is 2.67. The summed E-state index contributed by atoms with van der Waals surface area (Å²) in [4.78, 5) is 4.07. The van der Waals surface area contributed by atoms with Crippen molar-refractivity contribution in [2.24, 2.45) is 5.92 Å². The summed E-state index contributed by atoms with van der Waals surface area (Å²) in [5, 5.41) is 6.90. The van der Waals surface area contributed by atoms with Crippen LogP contribution in [0, 0.1) is 12.8 Å². The van der Waals surface area contributed by atoms with Crippen LogP contribution in [0.4, 0.5) is 6.01 Å². The molecule has 1 heterocycles. The van der Waals surface area contributed by atoms with Gasteiger partial charge in [0.05, 0.1) is 0 Å². The first-order chi connectivity index (χ1) is 5.79. The molecule has 0 bridgehead atoms. The van der Waals surface area contributed by atoms with Crippen molar-refractivity contribution in [1.29, 1.82) is 0 Å². The Morgan fingerprint density at radius 2 is 2.50 bits per heavy atom. The van der Waals surface area contributed by atoms with Crippen LogP contribution >= 0.6 is 0 Å². The maximum Gasteiger partial charge on any atom is 0.321 e. The Morgan fingerprint density at radius 1 is 1.67 bits per heavy atom. The molecule has 66 valence electrons. The van der Waals surface area contributed by atoms with E-state index in [9.17, 15) is 0 Å². The van der Waals surface area contributed by atoms with Crippen molar-refractivity contribution in [1.82, 2.24) is 10.1 Å². The van der Waals surface area contributed by atoms with Crippen LogP contribution in [0.2, 0.25) is 0 Å². The lowest BCUT2D eigenvalue weighted by atomic mass is 10.3. The van der Waals surface area contributed by atoms with Crippen LogP contribution < -0.4 is 5.32 Å². The van der Waals surface area contributed by atoms with E-state index in [1.54, 1.807) is 0 Å². The number of nitrogens with zero attached hydrogens (tertiary/aromatic N) is 2. The van der Waals surface area contributed by atoms with Crippen LogP contribution in [-0.2, 0) is 0 Å². The summed E-state index contributed by atoms with van der Waals surface area (Å²) in [6.45, 7) is 4.02. The Labute approximate surface area is 71.4 Å². The van der Waals surface area contributed by atoms with Crippen LogP contribution in [0.5, 0.6) is 0 Å². The summed E-state index contributed by atoms with van der Waals surface area (Å²) in [6, 6.07) is 1.13. The van der Waals surface area contributed by atoms with Crippen LogP contribution in [-0.4, -0.2) is 16.2 Å². The highest BCUT2D eigenvalue weighted by atomic mass is 16.5. The fraction of sp³-hybridized carbons (Fsp3) is 0.750. The summed E-state index contributed by atoms with van der Waals surface area (Å²) in [7, 11) is 0. The molecule has 12 heavy (non-hydrogen) atoms. The summed E-state index contributed by atoms with van der Waals surface area (Å²) >= 11 is 0. The number of aromatic nitrogens is 2. The quantitative estimate of drug-likeness (QED) is 0.742. The molecule has 1 aliphatic rings. The lowest BCUT2D eigenvalue weighted by molar-refractivity contribution is 0.424. The van der Waals surface area contributed by atoms with E-state index in [0.29, 0.717) is 17.9 Å². The molecule has 0 aliphatic heterocycles. The minimum atomic E-state index is 0.563. The Hall–Kier alpha value is -1.06. The zero-order chi connectivity index (χ0) is 8.55. The maximum absolute atomic E-state index is 4.94. The number of rotatable bonds is 3. The Bertz CT molecular complexity index is 271. The molecule has 1 aliphatic carbocycles. The Morgan fingerprint density at radius 3 is 3.00 bits per heavy atom. The topological polar surface area (TPSA) is 51.0 Å². The SMILES string of the molecule is CCC1CC1Nc1nc(C)no1. The van der Waals surface area contributed by atoms with Crippen molar-refractivity contribution in [3.63, 3.8) is 0 Å². The first-order valence-electron chi connectivity index (χ1n) is 4.36. The van der Waals surface area contributed by atoms with Crippen molar-refractivity contribution in [3.8, 4) is 0 Å². The number of hydrogen-bond donors (Lipinski definition) is 1. The standard InChI is InChI=1S/C8H13N3O/c1-3-6-4-7(6)10-8-9-5(2)11-12-8/h6-7H,3-4H2,1-2H3,(H,9,10,11). The van der Waals surface area contributed by atoms with Crippen molar-refractivity contribution in [2.75, 3.05) is 5.32 Å². The number of hydrogen-bond acceptors (Lipinski definition) is 4. The molecule has 4 nitrogen and oxygen atoms in total. The highest BCUT2D eigenvalue weighted by Gasteiger charge is 2.36. The van der Waals surface area contributed by atoms with Crippen molar-refractivity contribution in [2.45, 2.75) is 32.7 Å². The molecule has 2 atom stereocenters. The third-order valence-electron chi connectivity index (χ3n) is 2.28.